The summed E-state index contributed by atoms with van der Waals surface area (Å²) in [6, 6.07) is -0.0620. The number of hydrogen-bond donors (Lipinski definition) is 1. The maximum atomic E-state index is 12.3. The van der Waals surface area contributed by atoms with Crippen molar-refractivity contribution in [3.05, 3.63) is 29.8 Å². The van der Waals surface area contributed by atoms with Gasteiger partial charge in [0, 0.05) is 45.2 Å². The fourth-order valence-corrected chi connectivity index (χ4v) is 5.86. The summed E-state index contributed by atoms with van der Waals surface area (Å²) in [5.74, 6) is 3.51. The lowest BCUT2D eigenvalue weighted by molar-refractivity contribution is -0.135. The van der Waals surface area contributed by atoms with Crippen LogP contribution in [0, 0.1) is 11.8 Å². The van der Waals surface area contributed by atoms with Crippen LogP contribution >= 0.6 is 11.6 Å². The van der Waals surface area contributed by atoms with Gasteiger partial charge in [-0.05, 0) is 43.9 Å². The maximum Gasteiger partial charge on any atom is 0.225 e. The van der Waals surface area contributed by atoms with E-state index in [0.29, 0.717) is 54.7 Å². The van der Waals surface area contributed by atoms with E-state index in [1.165, 1.54) is 0 Å². The second kappa shape index (κ2) is 11.8. The Morgan fingerprint density at radius 1 is 1.00 bits per heavy atom. The standard InChI is InChI=1S/C26H37ClN8O2/c1-18(19-5-9-33(10-6-19)25-29-12-20(27)13-30-25)7-11-37-21-14-31-26(32-15-21)34-16-22(28)23(17-34)35-8-3-2-4-24(35)36/h12-15,18-19,22-23H,2-11,16-17,28H2,1H3/t18-,22+,23+/m1/s1. The van der Waals surface area contributed by atoms with Crippen molar-refractivity contribution in [1.82, 2.24) is 24.8 Å². The molecule has 0 spiro atoms. The molecule has 0 aliphatic carbocycles. The van der Waals surface area contributed by atoms with Gasteiger partial charge >= 0.3 is 0 Å². The molecule has 0 radical (unpaired) electrons. The molecule has 0 saturated carbocycles. The van der Waals surface area contributed by atoms with E-state index >= 15 is 0 Å². The van der Waals surface area contributed by atoms with Crippen LogP contribution in [0.3, 0.4) is 0 Å². The number of anilines is 2. The Hall–Kier alpha value is -2.72. The van der Waals surface area contributed by atoms with Gasteiger partial charge in [-0.1, -0.05) is 18.5 Å². The van der Waals surface area contributed by atoms with Gasteiger partial charge in [-0.15, -0.1) is 0 Å². The molecule has 3 aliphatic heterocycles. The first kappa shape index (κ1) is 25.9. The topological polar surface area (TPSA) is 114 Å². The van der Waals surface area contributed by atoms with Crippen molar-refractivity contribution in [1.29, 1.82) is 0 Å². The highest BCUT2D eigenvalue weighted by atomic mass is 35.5. The minimum atomic E-state index is -0.0892. The molecule has 3 fully saturated rings. The number of nitrogens with two attached hydrogens (primary N) is 1. The molecule has 200 valence electrons. The smallest absolute Gasteiger partial charge is 0.225 e. The zero-order valence-corrected chi connectivity index (χ0v) is 22.3. The molecular weight excluding hydrogens is 492 g/mol. The first-order chi connectivity index (χ1) is 18.0. The first-order valence-electron chi connectivity index (χ1n) is 13.5. The van der Waals surface area contributed by atoms with Crippen LogP contribution in [-0.4, -0.2) is 82.2 Å². The van der Waals surface area contributed by atoms with Gasteiger partial charge in [-0.25, -0.2) is 19.9 Å². The van der Waals surface area contributed by atoms with Crippen molar-refractivity contribution in [2.45, 2.75) is 57.5 Å². The van der Waals surface area contributed by atoms with E-state index in [2.05, 4.69) is 36.7 Å². The molecule has 0 aromatic carbocycles. The molecule has 37 heavy (non-hydrogen) atoms. The van der Waals surface area contributed by atoms with Crippen LogP contribution < -0.4 is 20.3 Å². The Balaban J connectivity index is 1.05. The van der Waals surface area contributed by atoms with Gasteiger partial charge in [0.15, 0.2) is 5.75 Å². The molecule has 2 aromatic heterocycles. The minimum absolute atomic E-state index is 0.0272. The third kappa shape index (κ3) is 6.23. The van der Waals surface area contributed by atoms with Gasteiger partial charge in [0.25, 0.3) is 0 Å². The molecule has 2 N–H and O–H groups in total. The van der Waals surface area contributed by atoms with Crippen LogP contribution in [0.4, 0.5) is 11.9 Å². The van der Waals surface area contributed by atoms with Gasteiger partial charge in [0.1, 0.15) is 0 Å². The summed E-state index contributed by atoms with van der Waals surface area (Å²) in [7, 11) is 0. The first-order valence-corrected chi connectivity index (χ1v) is 13.8. The SMILES string of the molecule is C[C@H](CCOc1cnc(N2C[C@H](N)[C@@H](N3CCCCC3=O)C2)nc1)C1CCN(c2ncc(Cl)cn2)CC1. The number of aromatic nitrogens is 4. The number of nitrogens with zero attached hydrogens (tertiary/aromatic N) is 7. The Bertz CT molecular complexity index is 1030. The average Bonchev–Trinajstić information content (AvgIpc) is 3.31. The molecule has 1 amide bonds. The van der Waals surface area contributed by atoms with Gasteiger partial charge in [0.05, 0.1) is 42.5 Å². The van der Waals surface area contributed by atoms with Crippen molar-refractivity contribution in [2.24, 2.45) is 17.6 Å². The summed E-state index contributed by atoms with van der Waals surface area (Å²) in [6.45, 7) is 6.98. The van der Waals surface area contributed by atoms with Crippen molar-refractivity contribution < 1.29 is 9.53 Å². The van der Waals surface area contributed by atoms with Crippen molar-refractivity contribution in [2.75, 3.05) is 49.1 Å². The molecule has 3 atom stereocenters. The Morgan fingerprint density at radius 3 is 2.38 bits per heavy atom. The zero-order chi connectivity index (χ0) is 25.8. The summed E-state index contributed by atoms with van der Waals surface area (Å²) < 4.78 is 5.97. The van der Waals surface area contributed by atoms with Crippen LogP contribution in [0.5, 0.6) is 5.75 Å². The van der Waals surface area contributed by atoms with E-state index in [1.807, 2.05) is 4.90 Å². The fourth-order valence-electron chi connectivity index (χ4n) is 5.77. The highest BCUT2D eigenvalue weighted by molar-refractivity contribution is 6.30. The summed E-state index contributed by atoms with van der Waals surface area (Å²) in [4.78, 5) is 36.4. The Kier molecular flexibility index (Phi) is 8.24. The molecule has 2 aromatic rings. The lowest BCUT2D eigenvalue weighted by Crippen LogP contribution is -2.51. The van der Waals surface area contributed by atoms with Crippen molar-refractivity contribution in [3.8, 4) is 5.75 Å². The number of likely N-dealkylation sites (tertiary alicyclic amines) is 1. The van der Waals surface area contributed by atoms with E-state index in [1.54, 1.807) is 24.8 Å². The molecule has 3 aliphatic rings. The van der Waals surface area contributed by atoms with Gasteiger partial charge in [-0.3, -0.25) is 4.79 Å². The highest BCUT2D eigenvalue weighted by Gasteiger charge is 2.38. The molecule has 5 heterocycles. The van der Waals surface area contributed by atoms with E-state index in [-0.39, 0.29) is 18.0 Å². The lowest BCUT2D eigenvalue weighted by Gasteiger charge is -2.34. The monoisotopic (exact) mass is 528 g/mol. The van der Waals surface area contributed by atoms with E-state index in [9.17, 15) is 4.79 Å². The van der Waals surface area contributed by atoms with Crippen LogP contribution in [0.25, 0.3) is 0 Å². The predicted octanol–water partition coefficient (Wildman–Crippen LogP) is 2.77. The second-order valence-corrected chi connectivity index (χ2v) is 11.0. The molecule has 0 unspecified atom stereocenters. The number of rotatable bonds is 8. The molecule has 5 rings (SSSR count). The number of carbonyl (C=O) groups excluding carboxylic acids is 1. The van der Waals surface area contributed by atoms with Crippen LogP contribution in [-0.2, 0) is 4.79 Å². The van der Waals surface area contributed by atoms with Crippen LogP contribution in [0.15, 0.2) is 24.8 Å². The zero-order valence-electron chi connectivity index (χ0n) is 21.5. The van der Waals surface area contributed by atoms with E-state index in [0.717, 1.165) is 57.7 Å². The Labute approximate surface area is 223 Å². The number of hydrogen-bond acceptors (Lipinski definition) is 9. The molecule has 11 heteroatoms. The molecular formula is C26H37ClN8O2. The number of piperidine rings is 2. The number of carbonyl (C=O) groups is 1. The quantitative estimate of drug-likeness (QED) is 0.552. The van der Waals surface area contributed by atoms with Crippen LogP contribution in [0.1, 0.15) is 45.4 Å². The number of halogens is 1. The number of amides is 1. The largest absolute Gasteiger partial charge is 0.490 e. The van der Waals surface area contributed by atoms with Gasteiger partial charge < -0.3 is 25.2 Å². The van der Waals surface area contributed by atoms with Gasteiger partial charge in [-0.2, -0.15) is 0 Å². The van der Waals surface area contributed by atoms with Crippen molar-refractivity contribution >= 4 is 29.4 Å². The third-order valence-corrected chi connectivity index (χ3v) is 8.26. The minimum Gasteiger partial charge on any atom is -0.490 e. The lowest BCUT2D eigenvalue weighted by atomic mass is 9.84. The highest BCUT2D eigenvalue weighted by Crippen LogP contribution is 2.29. The fraction of sp³-hybridized carbons (Fsp3) is 0.654. The van der Waals surface area contributed by atoms with Crippen molar-refractivity contribution in [3.63, 3.8) is 0 Å². The predicted molar refractivity (Wildman–Crippen MR) is 143 cm³/mol. The van der Waals surface area contributed by atoms with E-state index < -0.39 is 0 Å². The third-order valence-electron chi connectivity index (χ3n) is 8.07. The summed E-state index contributed by atoms with van der Waals surface area (Å²) in [5, 5.41) is 0.562. The average molecular weight is 529 g/mol. The summed E-state index contributed by atoms with van der Waals surface area (Å²) in [6.07, 6.45) is 12.7. The second-order valence-electron chi connectivity index (χ2n) is 10.5. The normalized spacial score (nSPS) is 24.0. The number of ether oxygens (including phenoxy) is 1. The summed E-state index contributed by atoms with van der Waals surface area (Å²) in [5.41, 5.74) is 6.40. The maximum absolute atomic E-state index is 12.3. The molecule has 0 bridgehead atoms. The summed E-state index contributed by atoms with van der Waals surface area (Å²) >= 11 is 5.91. The Morgan fingerprint density at radius 2 is 1.68 bits per heavy atom. The van der Waals surface area contributed by atoms with Crippen LogP contribution in [0.2, 0.25) is 5.02 Å². The molecule has 3 saturated heterocycles. The van der Waals surface area contributed by atoms with E-state index in [4.69, 9.17) is 22.1 Å². The molecule has 10 nitrogen and oxygen atoms in total. The van der Waals surface area contributed by atoms with Gasteiger partial charge in [0.2, 0.25) is 17.8 Å².